The highest BCUT2D eigenvalue weighted by molar-refractivity contribution is 5.74. The van der Waals surface area contributed by atoms with E-state index in [-0.39, 0.29) is 19.2 Å². The van der Waals surface area contributed by atoms with E-state index in [1.807, 2.05) is 19.1 Å². The van der Waals surface area contributed by atoms with Gasteiger partial charge in [0.15, 0.2) is 0 Å². The predicted octanol–water partition coefficient (Wildman–Crippen LogP) is 9.09. The number of aliphatic imine (C=N–C) groups is 1. The predicted molar refractivity (Wildman–Crippen MR) is 171 cm³/mol. The van der Waals surface area contributed by atoms with Crippen LogP contribution in [0.2, 0.25) is 0 Å². The summed E-state index contributed by atoms with van der Waals surface area (Å²) < 4.78 is 24.5. The number of nitrogens with one attached hydrogen (secondary N) is 1. The highest BCUT2D eigenvalue weighted by Gasteiger charge is 2.30. The minimum atomic E-state index is -0.429. The summed E-state index contributed by atoms with van der Waals surface area (Å²) >= 11 is 0. The Hall–Kier alpha value is -2.63. The van der Waals surface area contributed by atoms with Gasteiger partial charge in [-0.1, -0.05) is 88.8 Å². The molecule has 0 aromatic heterocycles. The quantitative estimate of drug-likeness (QED) is 0.0985. The Morgan fingerprint density at radius 2 is 1.88 bits per heavy atom. The van der Waals surface area contributed by atoms with E-state index < -0.39 is 5.60 Å². The molecule has 3 atom stereocenters. The summed E-state index contributed by atoms with van der Waals surface area (Å²) in [6, 6.07) is 9.61. The van der Waals surface area contributed by atoms with Gasteiger partial charge < -0.3 is 14.8 Å². The van der Waals surface area contributed by atoms with Crippen LogP contribution in [0.1, 0.15) is 117 Å². The van der Waals surface area contributed by atoms with Crippen molar-refractivity contribution in [2.75, 3.05) is 14.2 Å². The number of methoxy groups -OCH3 is 1. The van der Waals surface area contributed by atoms with E-state index in [9.17, 15) is 4.39 Å². The number of hydrogen-bond acceptors (Lipinski definition) is 4. The van der Waals surface area contributed by atoms with Gasteiger partial charge in [-0.05, 0) is 75.3 Å². The first kappa shape index (κ1) is 34.6. The molecule has 1 saturated carbocycles. The molecule has 0 heterocycles. The molecule has 41 heavy (non-hydrogen) atoms. The van der Waals surface area contributed by atoms with Crippen molar-refractivity contribution in [3.63, 3.8) is 0 Å². The molecule has 0 bridgehead atoms. The maximum Gasteiger partial charge on any atom is 0.292 e. The van der Waals surface area contributed by atoms with Crippen molar-refractivity contribution >= 4 is 12.5 Å². The monoisotopic (exact) mass is 572 g/mol. The molecule has 2 aliphatic rings. The summed E-state index contributed by atoms with van der Waals surface area (Å²) in [5, 5.41) is 3.28. The number of halogens is 1. The van der Waals surface area contributed by atoms with Gasteiger partial charge in [-0.15, -0.1) is 0 Å². The van der Waals surface area contributed by atoms with Crippen molar-refractivity contribution in [1.82, 2.24) is 5.32 Å². The van der Waals surface area contributed by atoms with Crippen LogP contribution in [-0.4, -0.2) is 38.3 Å². The van der Waals surface area contributed by atoms with Crippen molar-refractivity contribution in [2.45, 2.75) is 123 Å². The molecular weight excluding hydrogens is 515 g/mol. The van der Waals surface area contributed by atoms with E-state index in [2.05, 4.69) is 67.0 Å². The van der Waals surface area contributed by atoms with Gasteiger partial charge in [-0.25, -0.2) is 9.38 Å². The molecule has 0 aliphatic heterocycles. The highest BCUT2D eigenvalue weighted by atomic mass is 19.1. The molecule has 2 aliphatic carbocycles. The maximum absolute atomic E-state index is 14.3. The highest BCUT2D eigenvalue weighted by Crippen LogP contribution is 2.35. The summed E-state index contributed by atoms with van der Waals surface area (Å²) in [7, 11) is 3.03. The number of hydrogen-bond donors (Lipinski definition) is 1. The third-order valence-corrected chi connectivity index (χ3v) is 8.54. The van der Waals surface area contributed by atoms with Crippen LogP contribution < -0.4 is 5.32 Å². The van der Waals surface area contributed by atoms with Crippen LogP contribution in [-0.2, 0) is 20.7 Å². The lowest BCUT2D eigenvalue weighted by Gasteiger charge is -2.34. The van der Waals surface area contributed by atoms with Crippen molar-refractivity contribution in [2.24, 2.45) is 16.8 Å². The Kier molecular flexibility index (Phi) is 15.2. The van der Waals surface area contributed by atoms with Gasteiger partial charge in [-0.3, -0.25) is 4.79 Å². The molecular formula is C35H57FN2O3. The zero-order chi connectivity index (χ0) is 30.3. The molecule has 1 fully saturated rings. The molecule has 6 heteroatoms. The maximum atomic E-state index is 14.3. The molecule has 2 unspecified atom stereocenters. The summed E-state index contributed by atoms with van der Waals surface area (Å²) in [6.07, 6.45) is 17.0. The van der Waals surface area contributed by atoms with Crippen LogP contribution in [0.3, 0.4) is 0 Å². The first-order valence-corrected chi connectivity index (χ1v) is 15.7. The number of rotatable bonds is 15. The van der Waals surface area contributed by atoms with Crippen LogP contribution in [0.25, 0.3) is 0 Å². The van der Waals surface area contributed by atoms with Gasteiger partial charge in [0.1, 0.15) is 11.4 Å². The Bertz CT molecular complexity index is 1000. The molecule has 0 saturated heterocycles. The first-order chi connectivity index (χ1) is 19.6. The molecule has 232 valence electrons. The van der Waals surface area contributed by atoms with E-state index in [0.717, 1.165) is 18.8 Å². The van der Waals surface area contributed by atoms with Gasteiger partial charge in [0.05, 0.1) is 13.2 Å². The number of nitrogens with zero attached hydrogens (tertiary/aromatic N) is 1. The van der Waals surface area contributed by atoms with Crippen LogP contribution in [0, 0.1) is 11.8 Å². The Labute approximate surface area is 250 Å². The molecule has 0 spiro atoms. The number of benzene rings is 1. The molecule has 1 aromatic carbocycles. The normalized spacial score (nSPS) is 17.7. The lowest BCUT2D eigenvalue weighted by atomic mass is 9.85. The number of ether oxygens (including phenoxy) is 2. The first-order valence-electron chi connectivity index (χ1n) is 15.7. The van der Waals surface area contributed by atoms with Crippen LogP contribution in [0.4, 0.5) is 4.39 Å². The van der Waals surface area contributed by atoms with E-state index in [0.29, 0.717) is 30.4 Å². The van der Waals surface area contributed by atoms with Crippen LogP contribution >= 0.6 is 0 Å². The van der Waals surface area contributed by atoms with Crippen molar-refractivity contribution in [1.29, 1.82) is 0 Å². The molecule has 5 nitrogen and oxygen atoms in total. The van der Waals surface area contributed by atoms with E-state index >= 15 is 0 Å². The summed E-state index contributed by atoms with van der Waals surface area (Å²) in [5.41, 5.74) is 3.10. The molecule has 0 amide bonds. The Morgan fingerprint density at radius 3 is 2.44 bits per heavy atom. The van der Waals surface area contributed by atoms with Crippen LogP contribution in [0.5, 0.6) is 0 Å². The zero-order valence-electron chi connectivity index (χ0n) is 26.7. The zero-order valence-corrected chi connectivity index (χ0v) is 26.7. The van der Waals surface area contributed by atoms with Gasteiger partial charge in [0, 0.05) is 20.5 Å². The van der Waals surface area contributed by atoms with Crippen molar-refractivity contribution in [3.05, 3.63) is 58.9 Å². The third kappa shape index (κ3) is 12.4. The second-order valence-corrected chi connectivity index (χ2v) is 12.3. The van der Waals surface area contributed by atoms with Gasteiger partial charge in [0.25, 0.3) is 12.5 Å². The van der Waals surface area contributed by atoms with E-state index in [4.69, 9.17) is 9.53 Å². The number of carbonyl (C=O) groups excluding carboxylic acids is 1. The number of allylic oxidation sites excluding steroid dienone is 2. The van der Waals surface area contributed by atoms with Gasteiger partial charge in [-0.2, -0.15) is 0 Å². The van der Waals surface area contributed by atoms with Gasteiger partial charge in [0.2, 0.25) is 0 Å². The van der Waals surface area contributed by atoms with Crippen molar-refractivity contribution in [3.8, 4) is 0 Å². The summed E-state index contributed by atoms with van der Waals surface area (Å²) in [6.45, 7) is 11.1. The minimum absolute atomic E-state index is 0. The van der Waals surface area contributed by atoms with Crippen LogP contribution in [0.15, 0.2) is 52.8 Å². The van der Waals surface area contributed by atoms with E-state index in [1.54, 1.807) is 7.05 Å². The lowest BCUT2D eigenvalue weighted by molar-refractivity contribution is -0.126. The topological polar surface area (TPSA) is 59.9 Å². The fourth-order valence-electron chi connectivity index (χ4n) is 5.37. The fourth-order valence-corrected chi connectivity index (χ4v) is 5.37. The Balaban J connectivity index is 0.00000165. The number of carbonyl (C=O) groups is 1. The molecule has 1 aromatic rings. The average molecular weight is 573 g/mol. The number of amidine groups is 1. The molecule has 1 N–H and O–H groups in total. The Morgan fingerprint density at radius 1 is 1.20 bits per heavy atom. The lowest BCUT2D eigenvalue weighted by Crippen LogP contribution is -2.44. The number of unbranched alkanes of at least 4 members (excludes halogenated alkanes) is 1. The van der Waals surface area contributed by atoms with E-state index in [1.165, 1.54) is 69.6 Å². The standard InChI is InChI=1S/C33H51FN2O.C2H4O2.H2/c1-7-12-28(14-9-8-13-26-17-18-26)29-21-19-27(20-22-29)23-24(2)33(4,5)37-32(35-6)36-25(3)30-15-10-11-16-31(30)34;1-4-2-3;/h10,15,19-22,24-26,28H,7-9,11-14,16-18,23H2,1-6H3,(H,35,36);2H,1H3;1H/t24?,25-,28?;;/m0../s1. The fraction of sp³-hybridized carbons (Fsp3) is 0.657. The molecule has 0 radical (unpaired) electrons. The third-order valence-electron chi connectivity index (χ3n) is 8.54. The molecule has 3 rings (SSSR count). The van der Waals surface area contributed by atoms with Gasteiger partial charge >= 0.3 is 0 Å². The summed E-state index contributed by atoms with van der Waals surface area (Å²) in [5.74, 6) is 1.96. The minimum Gasteiger partial charge on any atom is -0.471 e. The SMILES string of the molecule is CCCC(CCCCC1CC1)c1ccc(CC(C)C(C)(C)OC(=NC)N[C@@H](C)C2=C(F)CCC=C2)cc1.COC=O.[HH]. The second kappa shape index (κ2) is 18.0. The van der Waals surface area contributed by atoms with Crippen molar-refractivity contribution < 1.29 is 20.1 Å². The smallest absolute Gasteiger partial charge is 0.292 e. The largest absolute Gasteiger partial charge is 0.471 e. The summed E-state index contributed by atoms with van der Waals surface area (Å²) in [4.78, 5) is 13.3. The average Bonchev–Trinajstić information content (AvgIpc) is 3.79. The second-order valence-electron chi connectivity index (χ2n) is 12.3.